The van der Waals surface area contributed by atoms with Crippen molar-refractivity contribution in [1.82, 2.24) is 4.90 Å². The fraction of sp³-hybridized carbons (Fsp3) is 0.533. The first-order valence-electron chi connectivity index (χ1n) is 7.44. The van der Waals surface area contributed by atoms with Crippen molar-refractivity contribution in [2.24, 2.45) is 10.7 Å². The minimum absolute atomic E-state index is 0.543. The molecule has 2 aliphatic rings. The van der Waals surface area contributed by atoms with Crippen LogP contribution in [0.4, 0.5) is 0 Å². The highest BCUT2D eigenvalue weighted by Gasteiger charge is 2.16. The van der Waals surface area contributed by atoms with E-state index in [-0.39, 0.29) is 0 Å². The van der Waals surface area contributed by atoms with E-state index in [0.717, 1.165) is 42.3 Å². The molecule has 2 heterocycles. The van der Waals surface area contributed by atoms with Crippen LogP contribution in [0.5, 0.6) is 11.5 Å². The van der Waals surface area contributed by atoms with Gasteiger partial charge in [-0.2, -0.15) is 11.8 Å². The van der Waals surface area contributed by atoms with Gasteiger partial charge < -0.3 is 20.1 Å². The third kappa shape index (κ3) is 3.73. The zero-order valence-corrected chi connectivity index (χ0v) is 14.0. The van der Waals surface area contributed by atoms with Crippen LogP contribution in [0.2, 0.25) is 5.02 Å². The Labute approximate surface area is 139 Å². The zero-order chi connectivity index (χ0) is 15.4. The molecule has 3 rings (SSSR count). The Hall–Kier alpha value is -1.27. The smallest absolute Gasteiger partial charge is 0.191 e. The average molecular weight is 342 g/mol. The third-order valence-electron chi connectivity index (χ3n) is 3.67. The van der Waals surface area contributed by atoms with E-state index in [4.69, 9.17) is 26.8 Å². The number of hydrogen-bond donors (Lipinski definition) is 1. The first-order valence-corrected chi connectivity index (χ1v) is 8.98. The lowest BCUT2D eigenvalue weighted by molar-refractivity contribution is 0.171. The Morgan fingerprint density at radius 3 is 2.86 bits per heavy atom. The molecule has 0 bridgehead atoms. The highest BCUT2D eigenvalue weighted by atomic mass is 35.5. The Bertz CT molecular complexity index is 562. The van der Waals surface area contributed by atoms with E-state index in [1.165, 1.54) is 0 Å². The van der Waals surface area contributed by atoms with Crippen LogP contribution in [0.25, 0.3) is 0 Å². The summed E-state index contributed by atoms with van der Waals surface area (Å²) in [6.07, 6.45) is 0.777. The number of aliphatic imine (C=N–C) groups is 1. The van der Waals surface area contributed by atoms with Gasteiger partial charge in [0.25, 0.3) is 0 Å². The van der Waals surface area contributed by atoms with Crippen LogP contribution in [0.15, 0.2) is 17.1 Å². The number of benzene rings is 1. The van der Waals surface area contributed by atoms with Gasteiger partial charge in [0.05, 0.1) is 5.02 Å². The van der Waals surface area contributed by atoms with E-state index < -0.39 is 0 Å². The normalized spacial score (nSPS) is 18.4. The molecule has 0 unspecified atom stereocenters. The Kier molecular flexibility index (Phi) is 5.20. The molecule has 0 aliphatic carbocycles. The van der Waals surface area contributed by atoms with Crippen LogP contribution in [-0.2, 0) is 6.42 Å². The summed E-state index contributed by atoms with van der Waals surface area (Å²) in [7, 11) is 0. The van der Waals surface area contributed by atoms with E-state index in [1.807, 2.05) is 23.9 Å². The lowest BCUT2D eigenvalue weighted by Gasteiger charge is -2.27. The van der Waals surface area contributed by atoms with Gasteiger partial charge in [0.15, 0.2) is 17.5 Å². The molecule has 2 aliphatic heterocycles. The van der Waals surface area contributed by atoms with E-state index >= 15 is 0 Å². The standard InChI is InChI=1S/C15H20ClN3O2S/c16-12-9-11(10-13-14(12)21-6-5-20-13)1-2-18-15(17)19-3-7-22-8-4-19/h9-10H,1-8H2,(H2,17,18). The first-order chi connectivity index (χ1) is 10.7. The summed E-state index contributed by atoms with van der Waals surface area (Å²) in [5.41, 5.74) is 7.13. The van der Waals surface area contributed by atoms with Gasteiger partial charge in [-0.15, -0.1) is 0 Å². The van der Waals surface area contributed by atoms with Crippen molar-refractivity contribution in [1.29, 1.82) is 0 Å². The minimum Gasteiger partial charge on any atom is -0.486 e. The molecule has 22 heavy (non-hydrogen) atoms. The number of nitrogens with two attached hydrogens (primary N) is 1. The number of guanidine groups is 1. The molecule has 120 valence electrons. The maximum absolute atomic E-state index is 6.23. The molecular weight excluding hydrogens is 322 g/mol. The van der Waals surface area contributed by atoms with Gasteiger partial charge in [-0.3, -0.25) is 4.99 Å². The van der Waals surface area contributed by atoms with E-state index in [2.05, 4.69) is 9.89 Å². The Balaban J connectivity index is 1.60. The second-order valence-electron chi connectivity index (χ2n) is 5.19. The average Bonchev–Trinajstić information content (AvgIpc) is 2.56. The molecule has 0 amide bonds. The van der Waals surface area contributed by atoms with Crippen LogP contribution in [-0.4, -0.2) is 55.2 Å². The van der Waals surface area contributed by atoms with Gasteiger partial charge in [0.1, 0.15) is 13.2 Å². The first kappa shape index (κ1) is 15.6. The van der Waals surface area contributed by atoms with E-state index in [1.54, 1.807) is 0 Å². The molecule has 1 aromatic carbocycles. The van der Waals surface area contributed by atoms with Crippen molar-refractivity contribution < 1.29 is 9.47 Å². The maximum atomic E-state index is 6.23. The molecule has 0 spiro atoms. The molecule has 1 aromatic rings. The highest BCUT2D eigenvalue weighted by Crippen LogP contribution is 2.38. The summed E-state index contributed by atoms with van der Waals surface area (Å²) in [5, 5.41) is 0.595. The lowest BCUT2D eigenvalue weighted by atomic mass is 10.1. The van der Waals surface area contributed by atoms with Crippen molar-refractivity contribution in [3.05, 3.63) is 22.7 Å². The van der Waals surface area contributed by atoms with Crippen molar-refractivity contribution in [2.75, 3.05) is 44.4 Å². The summed E-state index contributed by atoms with van der Waals surface area (Å²) in [4.78, 5) is 6.63. The maximum Gasteiger partial charge on any atom is 0.191 e. The molecule has 1 fully saturated rings. The predicted molar refractivity (Wildman–Crippen MR) is 91.5 cm³/mol. The minimum atomic E-state index is 0.543. The van der Waals surface area contributed by atoms with Gasteiger partial charge >= 0.3 is 0 Å². The fourth-order valence-electron chi connectivity index (χ4n) is 2.50. The van der Waals surface area contributed by atoms with Crippen LogP contribution < -0.4 is 15.2 Å². The third-order valence-corrected chi connectivity index (χ3v) is 4.89. The number of hydrogen-bond acceptors (Lipinski definition) is 4. The van der Waals surface area contributed by atoms with Gasteiger partial charge in [0, 0.05) is 31.1 Å². The van der Waals surface area contributed by atoms with E-state index in [9.17, 15) is 0 Å². The van der Waals surface area contributed by atoms with Crippen molar-refractivity contribution in [3.63, 3.8) is 0 Å². The number of nitrogens with zero attached hydrogens (tertiary/aromatic N) is 2. The van der Waals surface area contributed by atoms with Crippen molar-refractivity contribution >= 4 is 29.3 Å². The van der Waals surface area contributed by atoms with Gasteiger partial charge in [0.2, 0.25) is 0 Å². The zero-order valence-electron chi connectivity index (χ0n) is 12.4. The summed E-state index contributed by atoms with van der Waals surface area (Å²) >= 11 is 8.19. The number of halogens is 1. The summed E-state index contributed by atoms with van der Waals surface area (Å²) in [5.74, 6) is 4.25. The van der Waals surface area contributed by atoms with E-state index in [0.29, 0.717) is 36.5 Å². The SMILES string of the molecule is NC(=NCCc1cc(Cl)c2c(c1)OCCO2)N1CCSCC1. The number of rotatable bonds is 3. The topological polar surface area (TPSA) is 60.1 Å². The van der Waals surface area contributed by atoms with Crippen LogP contribution >= 0.6 is 23.4 Å². The second kappa shape index (κ2) is 7.33. The summed E-state index contributed by atoms with van der Waals surface area (Å²) in [6, 6.07) is 3.89. The summed E-state index contributed by atoms with van der Waals surface area (Å²) in [6.45, 7) is 3.71. The number of thioether (sulfide) groups is 1. The number of fused-ring (bicyclic) bond motifs is 1. The van der Waals surface area contributed by atoms with Crippen molar-refractivity contribution in [2.45, 2.75) is 6.42 Å². The fourth-order valence-corrected chi connectivity index (χ4v) is 3.69. The molecule has 0 atom stereocenters. The summed E-state index contributed by atoms with van der Waals surface area (Å²) < 4.78 is 11.1. The van der Waals surface area contributed by atoms with Crippen LogP contribution in [0.1, 0.15) is 5.56 Å². The monoisotopic (exact) mass is 341 g/mol. The molecule has 0 saturated carbocycles. The molecule has 1 saturated heterocycles. The van der Waals surface area contributed by atoms with Gasteiger partial charge in [-0.25, -0.2) is 0 Å². The Morgan fingerprint density at radius 1 is 1.27 bits per heavy atom. The largest absolute Gasteiger partial charge is 0.486 e. The van der Waals surface area contributed by atoms with Crippen LogP contribution in [0.3, 0.4) is 0 Å². The highest BCUT2D eigenvalue weighted by molar-refractivity contribution is 7.99. The molecular formula is C15H20ClN3O2S. The molecule has 2 N–H and O–H groups in total. The van der Waals surface area contributed by atoms with Crippen molar-refractivity contribution in [3.8, 4) is 11.5 Å². The van der Waals surface area contributed by atoms with Crippen LogP contribution in [0, 0.1) is 0 Å². The van der Waals surface area contributed by atoms with Gasteiger partial charge in [-0.05, 0) is 24.1 Å². The second-order valence-corrected chi connectivity index (χ2v) is 6.82. The van der Waals surface area contributed by atoms with Gasteiger partial charge in [-0.1, -0.05) is 11.6 Å². The molecule has 0 aromatic heterocycles. The molecule has 0 radical (unpaired) electrons. The molecule has 5 nitrogen and oxygen atoms in total. The quantitative estimate of drug-likeness (QED) is 0.673. The number of ether oxygens (including phenoxy) is 2. The predicted octanol–water partition coefficient (Wildman–Crippen LogP) is 2.02. The lowest BCUT2D eigenvalue weighted by Crippen LogP contribution is -2.42. The Morgan fingerprint density at radius 2 is 2.05 bits per heavy atom. The molecule has 7 heteroatoms.